The van der Waals surface area contributed by atoms with E-state index in [-0.39, 0.29) is 17.9 Å². The van der Waals surface area contributed by atoms with Crippen LogP contribution in [0.2, 0.25) is 0 Å². The van der Waals surface area contributed by atoms with E-state index in [1.807, 2.05) is 24.4 Å². The molecule has 2 heterocycles. The normalized spacial score (nSPS) is 16.6. The molecular formula is C18H22N4O3. The first-order chi connectivity index (χ1) is 12.1. The Morgan fingerprint density at radius 1 is 1.32 bits per heavy atom. The predicted molar refractivity (Wildman–Crippen MR) is 92.4 cm³/mol. The molecule has 0 bridgehead atoms. The number of benzene rings is 1. The number of hydrogen-bond donors (Lipinski definition) is 2. The third-order valence-electron chi connectivity index (χ3n) is 4.10. The molecule has 7 heteroatoms. The molecule has 0 radical (unpaired) electrons. The zero-order valence-corrected chi connectivity index (χ0v) is 14.2. The maximum atomic E-state index is 12.6. The van der Waals surface area contributed by atoms with Crippen LogP contribution >= 0.6 is 0 Å². The lowest BCUT2D eigenvalue weighted by Crippen LogP contribution is -2.32. The van der Waals surface area contributed by atoms with Crippen molar-refractivity contribution in [1.29, 1.82) is 0 Å². The van der Waals surface area contributed by atoms with Gasteiger partial charge in [0.1, 0.15) is 0 Å². The number of nitrogens with zero attached hydrogens (tertiary/aromatic N) is 2. The Hall–Kier alpha value is -2.67. The number of carbonyl (C=O) groups is 2. The minimum absolute atomic E-state index is 0.105. The van der Waals surface area contributed by atoms with E-state index in [0.29, 0.717) is 18.7 Å². The van der Waals surface area contributed by atoms with E-state index in [4.69, 9.17) is 4.74 Å². The van der Waals surface area contributed by atoms with E-state index in [0.717, 1.165) is 30.8 Å². The van der Waals surface area contributed by atoms with Crippen molar-refractivity contribution >= 4 is 11.8 Å². The van der Waals surface area contributed by atoms with E-state index in [1.165, 1.54) is 6.92 Å². The predicted octanol–water partition coefficient (Wildman–Crippen LogP) is 1.42. The first-order valence-electron chi connectivity index (χ1n) is 8.40. The summed E-state index contributed by atoms with van der Waals surface area (Å²) < 4.78 is 7.33. The second-order valence-electron chi connectivity index (χ2n) is 6.04. The fourth-order valence-corrected chi connectivity index (χ4v) is 2.80. The molecule has 132 valence electrons. The summed E-state index contributed by atoms with van der Waals surface area (Å²) in [7, 11) is 0. The highest BCUT2D eigenvalue weighted by molar-refractivity contribution is 5.97. The zero-order chi connectivity index (χ0) is 17.6. The summed E-state index contributed by atoms with van der Waals surface area (Å²) in [4.78, 5) is 27.8. The van der Waals surface area contributed by atoms with Crippen molar-refractivity contribution in [2.24, 2.45) is 0 Å². The maximum Gasteiger partial charge on any atom is 0.253 e. The molecule has 1 aromatic heterocycles. The van der Waals surface area contributed by atoms with E-state index >= 15 is 0 Å². The Bertz CT molecular complexity index is 750. The summed E-state index contributed by atoms with van der Waals surface area (Å²) in [6, 6.07) is 7.36. The molecule has 0 unspecified atom stereocenters. The number of ether oxygens (including phenoxy) is 1. The molecule has 0 spiro atoms. The number of imidazole rings is 1. The van der Waals surface area contributed by atoms with Gasteiger partial charge in [0.2, 0.25) is 5.91 Å². The van der Waals surface area contributed by atoms with Gasteiger partial charge in [-0.1, -0.05) is 12.1 Å². The fourth-order valence-electron chi connectivity index (χ4n) is 2.80. The lowest BCUT2D eigenvalue weighted by molar-refractivity contribution is -0.119. The van der Waals surface area contributed by atoms with Crippen LogP contribution in [-0.2, 0) is 16.1 Å². The molecule has 1 aliphatic heterocycles. The highest BCUT2D eigenvalue weighted by Crippen LogP contribution is 2.16. The average Bonchev–Trinajstić information content (AvgIpc) is 3.29. The van der Waals surface area contributed by atoms with Crippen molar-refractivity contribution in [3.05, 3.63) is 48.0 Å². The number of hydrogen-bond acceptors (Lipinski definition) is 4. The van der Waals surface area contributed by atoms with Crippen LogP contribution in [0.3, 0.4) is 0 Å². The van der Waals surface area contributed by atoms with Crippen LogP contribution in [0, 0.1) is 0 Å². The molecule has 2 N–H and O–H groups in total. The van der Waals surface area contributed by atoms with Gasteiger partial charge in [0.05, 0.1) is 35.9 Å². The number of carbonyl (C=O) groups excluding carboxylic acids is 2. The Balaban J connectivity index is 1.71. The molecule has 1 atom stereocenters. The average molecular weight is 342 g/mol. The maximum absolute atomic E-state index is 12.6. The molecule has 0 aliphatic carbocycles. The van der Waals surface area contributed by atoms with Gasteiger partial charge < -0.3 is 19.9 Å². The number of para-hydroxylation sites is 1. The van der Waals surface area contributed by atoms with Crippen LogP contribution in [0.1, 0.15) is 35.8 Å². The first kappa shape index (κ1) is 17.2. The third-order valence-corrected chi connectivity index (χ3v) is 4.10. The van der Waals surface area contributed by atoms with Crippen molar-refractivity contribution in [2.75, 3.05) is 13.2 Å². The van der Waals surface area contributed by atoms with E-state index in [2.05, 4.69) is 15.6 Å². The Morgan fingerprint density at radius 2 is 2.16 bits per heavy atom. The standard InChI is InChI=1S/C18H22N4O3/c1-13(23)19-9-14-11-22(12-21-14)17-7-3-2-6-16(17)18(24)20-10-15-5-4-8-25-15/h2-3,6-7,11-12,15H,4-5,8-10H2,1H3,(H,19,23)(H,20,24)/t15-/m0/s1. The lowest BCUT2D eigenvalue weighted by Gasteiger charge is -2.13. The number of nitrogens with one attached hydrogen (secondary N) is 2. The summed E-state index contributed by atoms with van der Waals surface area (Å²) in [6.07, 6.45) is 5.58. The van der Waals surface area contributed by atoms with Gasteiger partial charge in [-0.05, 0) is 25.0 Å². The fraction of sp³-hybridized carbons (Fsp3) is 0.389. The van der Waals surface area contributed by atoms with Gasteiger partial charge >= 0.3 is 0 Å². The molecule has 25 heavy (non-hydrogen) atoms. The van der Waals surface area contributed by atoms with Gasteiger partial charge in [0.15, 0.2) is 0 Å². The number of rotatable bonds is 6. The highest BCUT2D eigenvalue weighted by atomic mass is 16.5. The SMILES string of the molecule is CC(=O)NCc1cn(-c2ccccc2C(=O)NC[C@@H]2CCCO2)cn1. The molecule has 1 aliphatic rings. The minimum atomic E-state index is -0.136. The molecule has 2 amide bonds. The summed E-state index contributed by atoms with van der Waals surface area (Å²) in [6.45, 7) is 3.11. The van der Waals surface area contributed by atoms with Crippen LogP contribution in [0.25, 0.3) is 5.69 Å². The van der Waals surface area contributed by atoms with Crippen LogP contribution in [0.15, 0.2) is 36.8 Å². The molecule has 0 saturated carbocycles. The highest BCUT2D eigenvalue weighted by Gasteiger charge is 2.18. The summed E-state index contributed by atoms with van der Waals surface area (Å²) in [5, 5.41) is 5.65. The van der Waals surface area contributed by atoms with E-state index < -0.39 is 0 Å². The second kappa shape index (κ2) is 7.94. The summed E-state index contributed by atoms with van der Waals surface area (Å²) >= 11 is 0. The van der Waals surface area contributed by atoms with Gasteiger partial charge in [0, 0.05) is 26.3 Å². The van der Waals surface area contributed by atoms with Gasteiger partial charge in [0.25, 0.3) is 5.91 Å². The van der Waals surface area contributed by atoms with Crippen LogP contribution in [0.4, 0.5) is 0 Å². The smallest absolute Gasteiger partial charge is 0.253 e. The van der Waals surface area contributed by atoms with Crippen LogP contribution < -0.4 is 10.6 Å². The molecule has 3 rings (SSSR count). The first-order valence-corrected chi connectivity index (χ1v) is 8.40. The van der Waals surface area contributed by atoms with Gasteiger partial charge in [-0.25, -0.2) is 4.98 Å². The molecular weight excluding hydrogens is 320 g/mol. The zero-order valence-electron chi connectivity index (χ0n) is 14.2. The largest absolute Gasteiger partial charge is 0.376 e. The van der Waals surface area contributed by atoms with Crippen molar-refractivity contribution in [2.45, 2.75) is 32.4 Å². The van der Waals surface area contributed by atoms with Crippen LogP contribution in [-0.4, -0.2) is 40.6 Å². The van der Waals surface area contributed by atoms with Crippen LogP contribution in [0.5, 0.6) is 0 Å². The van der Waals surface area contributed by atoms with Gasteiger partial charge in [-0.2, -0.15) is 0 Å². The monoisotopic (exact) mass is 342 g/mol. The van der Waals surface area contributed by atoms with Crippen molar-refractivity contribution in [3.63, 3.8) is 0 Å². The molecule has 1 aromatic carbocycles. The number of aromatic nitrogens is 2. The van der Waals surface area contributed by atoms with Gasteiger partial charge in [-0.15, -0.1) is 0 Å². The van der Waals surface area contributed by atoms with Crippen molar-refractivity contribution in [1.82, 2.24) is 20.2 Å². The van der Waals surface area contributed by atoms with E-state index in [1.54, 1.807) is 17.0 Å². The second-order valence-corrected chi connectivity index (χ2v) is 6.04. The quantitative estimate of drug-likeness (QED) is 0.831. The van der Waals surface area contributed by atoms with Gasteiger partial charge in [-0.3, -0.25) is 9.59 Å². The molecule has 7 nitrogen and oxygen atoms in total. The summed E-state index contributed by atoms with van der Waals surface area (Å²) in [5.74, 6) is -0.244. The lowest BCUT2D eigenvalue weighted by atomic mass is 10.1. The number of amides is 2. The molecule has 1 fully saturated rings. The Labute approximate surface area is 146 Å². The molecule has 1 saturated heterocycles. The topological polar surface area (TPSA) is 85.2 Å². The Kier molecular flexibility index (Phi) is 5.45. The molecule has 2 aromatic rings. The van der Waals surface area contributed by atoms with Crippen molar-refractivity contribution < 1.29 is 14.3 Å². The Morgan fingerprint density at radius 3 is 2.92 bits per heavy atom. The van der Waals surface area contributed by atoms with E-state index in [9.17, 15) is 9.59 Å². The minimum Gasteiger partial charge on any atom is -0.376 e. The summed E-state index contributed by atoms with van der Waals surface area (Å²) in [5.41, 5.74) is 2.04. The third kappa shape index (κ3) is 4.45. The van der Waals surface area contributed by atoms with Crippen molar-refractivity contribution in [3.8, 4) is 5.69 Å².